The number of rotatable bonds is 7. The van der Waals surface area contributed by atoms with Gasteiger partial charge in [-0.25, -0.2) is 4.98 Å². The molecule has 7 nitrogen and oxygen atoms in total. The topological polar surface area (TPSA) is 90.4 Å². The smallest absolute Gasteiger partial charge is 0.316 e. The van der Waals surface area contributed by atoms with Gasteiger partial charge in [0.25, 0.3) is 5.91 Å². The molecular weight excluding hydrogens is 366 g/mol. The van der Waals surface area contributed by atoms with Crippen molar-refractivity contribution in [1.29, 1.82) is 0 Å². The van der Waals surface area contributed by atoms with Crippen molar-refractivity contribution in [2.75, 3.05) is 24.8 Å². The Balaban J connectivity index is 1.45. The number of hydrogen-bond acceptors (Lipinski definition) is 7. The number of hydrogen-bond donors (Lipinski definition) is 1. The molecule has 3 rings (SSSR count). The normalized spacial score (nSPS) is 10.4. The van der Waals surface area contributed by atoms with Crippen molar-refractivity contribution in [2.45, 2.75) is 5.03 Å². The number of para-hydroxylation sites is 2. The molecule has 0 saturated carbocycles. The van der Waals surface area contributed by atoms with Crippen molar-refractivity contribution in [3.05, 3.63) is 54.7 Å². The zero-order valence-electron chi connectivity index (χ0n) is 14.5. The molecule has 0 fully saturated rings. The third kappa shape index (κ3) is 5.42. The molecule has 0 aliphatic rings. The van der Waals surface area contributed by atoms with Crippen LogP contribution in [0.15, 0.2) is 59.8 Å². The van der Waals surface area contributed by atoms with E-state index >= 15 is 0 Å². The number of methoxy groups -OCH3 is 1. The van der Waals surface area contributed by atoms with Gasteiger partial charge in [-0.3, -0.25) is 14.6 Å². The van der Waals surface area contributed by atoms with Crippen LogP contribution >= 0.6 is 11.8 Å². The van der Waals surface area contributed by atoms with Crippen LogP contribution in [0.5, 0.6) is 5.75 Å². The third-order valence-corrected chi connectivity index (χ3v) is 4.35. The molecule has 0 atom stereocenters. The minimum atomic E-state index is -0.504. The monoisotopic (exact) mass is 383 g/mol. The minimum absolute atomic E-state index is 0.0411. The Hall–Kier alpha value is -3.13. The van der Waals surface area contributed by atoms with E-state index < -0.39 is 11.9 Å². The van der Waals surface area contributed by atoms with Gasteiger partial charge in [0.2, 0.25) is 0 Å². The minimum Gasteiger partial charge on any atom is -0.497 e. The summed E-state index contributed by atoms with van der Waals surface area (Å²) in [6, 6.07) is 14.4. The Morgan fingerprint density at radius 2 is 1.93 bits per heavy atom. The largest absolute Gasteiger partial charge is 0.497 e. The highest BCUT2D eigenvalue weighted by Crippen LogP contribution is 2.18. The van der Waals surface area contributed by atoms with Gasteiger partial charge in [-0.15, -0.1) is 0 Å². The number of amides is 1. The van der Waals surface area contributed by atoms with Crippen molar-refractivity contribution in [3.63, 3.8) is 0 Å². The molecule has 1 aromatic heterocycles. The number of fused-ring (bicyclic) bond motifs is 1. The van der Waals surface area contributed by atoms with Gasteiger partial charge < -0.3 is 14.8 Å². The first-order valence-electron chi connectivity index (χ1n) is 8.08. The molecule has 0 spiro atoms. The van der Waals surface area contributed by atoms with Crippen LogP contribution in [-0.2, 0) is 14.3 Å². The SMILES string of the molecule is COc1cccc(NC(=O)COC(=O)CSc2cnc3ccccc3n2)c1. The predicted molar refractivity (Wildman–Crippen MR) is 103 cm³/mol. The summed E-state index contributed by atoms with van der Waals surface area (Å²) >= 11 is 1.21. The van der Waals surface area contributed by atoms with E-state index in [1.165, 1.54) is 11.8 Å². The van der Waals surface area contributed by atoms with Crippen molar-refractivity contribution in [3.8, 4) is 5.75 Å². The second-order valence-corrected chi connectivity index (χ2v) is 6.42. The number of anilines is 1. The van der Waals surface area contributed by atoms with Crippen molar-refractivity contribution < 1.29 is 19.1 Å². The highest BCUT2D eigenvalue weighted by Gasteiger charge is 2.10. The van der Waals surface area contributed by atoms with E-state index in [1.807, 2.05) is 24.3 Å². The summed E-state index contributed by atoms with van der Waals surface area (Å²) in [6.07, 6.45) is 1.61. The van der Waals surface area contributed by atoms with Crippen LogP contribution in [0.2, 0.25) is 0 Å². The van der Waals surface area contributed by atoms with Gasteiger partial charge >= 0.3 is 5.97 Å². The zero-order valence-corrected chi connectivity index (χ0v) is 15.4. The van der Waals surface area contributed by atoms with Crippen LogP contribution in [0.4, 0.5) is 5.69 Å². The molecule has 138 valence electrons. The van der Waals surface area contributed by atoms with Crippen molar-refractivity contribution >= 4 is 40.4 Å². The maximum Gasteiger partial charge on any atom is 0.316 e. The lowest BCUT2D eigenvalue weighted by molar-refractivity contribution is -0.144. The number of ether oxygens (including phenoxy) is 2. The molecule has 2 aromatic carbocycles. The third-order valence-electron chi connectivity index (χ3n) is 3.48. The number of benzene rings is 2. The molecule has 3 aromatic rings. The van der Waals surface area contributed by atoms with Crippen LogP contribution in [0.3, 0.4) is 0 Å². The molecule has 0 aliphatic carbocycles. The first kappa shape index (κ1) is 18.7. The lowest BCUT2D eigenvalue weighted by Gasteiger charge is -2.08. The standard InChI is InChI=1S/C19H17N3O4S/c1-25-14-6-4-5-13(9-14)21-17(23)11-26-19(24)12-27-18-10-20-15-7-2-3-8-16(15)22-18/h2-10H,11-12H2,1H3,(H,21,23). The Morgan fingerprint density at radius 1 is 1.11 bits per heavy atom. The number of nitrogens with one attached hydrogen (secondary N) is 1. The maximum absolute atomic E-state index is 11.9. The van der Waals surface area contributed by atoms with E-state index in [0.29, 0.717) is 16.5 Å². The van der Waals surface area contributed by atoms with E-state index in [9.17, 15) is 9.59 Å². The number of carbonyl (C=O) groups is 2. The summed E-state index contributed by atoms with van der Waals surface area (Å²) in [5, 5.41) is 3.26. The molecule has 1 amide bonds. The van der Waals surface area contributed by atoms with E-state index in [0.717, 1.165) is 11.0 Å². The number of esters is 1. The molecule has 0 radical (unpaired) electrons. The maximum atomic E-state index is 11.9. The van der Waals surface area contributed by atoms with E-state index in [2.05, 4.69) is 15.3 Å². The summed E-state index contributed by atoms with van der Waals surface area (Å²) in [6.45, 7) is -0.361. The molecule has 0 aliphatic heterocycles. The Bertz CT molecular complexity index is 964. The van der Waals surface area contributed by atoms with Crippen LogP contribution < -0.4 is 10.1 Å². The van der Waals surface area contributed by atoms with Crippen molar-refractivity contribution in [2.24, 2.45) is 0 Å². The number of thioether (sulfide) groups is 1. The molecule has 0 unspecified atom stereocenters. The summed E-state index contributed by atoms with van der Waals surface area (Å²) in [7, 11) is 1.54. The number of aromatic nitrogens is 2. The molecule has 0 bridgehead atoms. The first-order valence-corrected chi connectivity index (χ1v) is 9.07. The van der Waals surface area contributed by atoms with Gasteiger partial charge in [-0.1, -0.05) is 30.0 Å². The fourth-order valence-electron chi connectivity index (χ4n) is 2.23. The van der Waals surface area contributed by atoms with Crippen molar-refractivity contribution in [1.82, 2.24) is 9.97 Å². The Labute approximate surface area is 160 Å². The fourth-order valence-corrected chi connectivity index (χ4v) is 2.87. The van der Waals surface area contributed by atoms with Crippen LogP contribution in [0, 0.1) is 0 Å². The molecule has 27 heavy (non-hydrogen) atoms. The van der Waals surface area contributed by atoms with Gasteiger partial charge in [-0.05, 0) is 24.3 Å². The first-order chi connectivity index (χ1) is 13.1. The molecule has 1 heterocycles. The van der Waals surface area contributed by atoms with E-state index in [1.54, 1.807) is 37.6 Å². The van der Waals surface area contributed by atoms with E-state index in [-0.39, 0.29) is 12.4 Å². The second kappa shape index (κ2) is 9.00. The van der Waals surface area contributed by atoms with E-state index in [4.69, 9.17) is 9.47 Å². The van der Waals surface area contributed by atoms with Crippen LogP contribution in [0.25, 0.3) is 11.0 Å². The lowest BCUT2D eigenvalue weighted by atomic mass is 10.3. The van der Waals surface area contributed by atoms with Crippen LogP contribution in [0.1, 0.15) is 0 Å². The number of nitrogens with zero attached hydrogens (tertiary/aromatic N) is 2. The lowest BCUT2D eigenvalue weighted by Crippen LogP contribution is -2.21. The average molecular weight is 383 g/mol. The summed E-state index contributed by atoms with van der Waals surface area (Å²) in [5.41, 5.74) is 2.11. The summed E-state index contributed by atoms with van der Waals surface area (Å²) < 4.78 is 10.1. The second-order valence-electron chi connectivity index (χ2n) is 5.43. The predicted octanol–water partition coefficient (Wildman–Crippen LogP) is 2.91. The van der Waals surface area contributed by atoms with Gasteiger partial charge in [0.15, 0.2) is 6.61 Å². The van der Waals surface area contributed by atoms with Gasteiger partial charge in [0.1, 0.15) is 10.8 Å². The zero-order chi connectivity index (χ0) is 19.1. The molecule has 0 saturated heterocycles. The quantitative estimate of drug-likeness (QED) is 0.495. The fraction of sp³-hybridized carbons (Fsp3) is 0.158. The Kier molecular flexibility index (Phi) is 6.22. The summed E-state index contributed by atoms with van der Waals surface area (Å²) in [4.78, 5) is 32.4. The molecular formula is C19H17N3O4S. The molecule has 1 N–H and O–H groups in total. The van der Waals surface area contributed by atoms with Gasteiger partial charge in [0, 0.05) is 11.8 Å². The Morgan fingerprint density at radius 3 is 2.74 bits per heavy atom. The average Bonchev–Trinajstić information content (AvgIpc) is 2.70. The van der Waals surface area contributed by atoms with Crippen LogP contribution in [-0.4, -0.2) is 41.3 Å². The number of carbonyl (C=O) groups excluding carboxylic acids is 2. The highest BCUT2D eigenvalue weighted by molar-refractivity contribution is 7.99. The van der Waals surface area contributed by atoms with Gasteiger partial charge in [-0.2, -0.15) is 0 Å². The molecule has 8 heteroatoms. The summed E-state index contributed by atoms with van der Waals surface area (Å²) in [5.74, 6) is -0.264. The van der Waals surface area contributed by atoms with Gasteiger partial charge in [0.05, 0.1) is 30.1 Å². The highest BCUT2D eigenvalue weighted by atomic mass is 32.2.